The summed E-state index contributed by atoms with van der Waals surface area (Å²) in [6, 6.07) is 12.5. The molecule has 9 rings (SSSR count). The van der Waals surface area contributed by atoms with Crippen molar-refractivity contribution in [3.63, 3.8) is 0 Å². The fourth-order valence-electron chi connectivity index (χ4n) is 9.86. The van der Waals surface area contributed by atoms with Gasteiger partial charge >= 0.3 is 12.2 Å². The third kappa shape index (κ3) is 9.27. The second-order valence-electron chi connectivity index (χ2n) is 17.2. The first kappa shape index (κ1) is 43.8. The Morgan fingerprint density at radius 2 is 1.20 bits per heavy atom. The highest BCUT2D eigenvalue weighted by Gasteiger charge is 2.42. The number of benzene rings is 2. The van der Waals surface area contributed by atoms with Crippen LogP contribution in [0.2, 0.25) is 0 Å². The zero-order chi connectivity index (χ0) is 45.0. The number of aromatic nitrogens is 5. The molecule has 3 aromatic heterocycles. The minimum atomic E-state index is -0.743. The van der Waals surface area contributed by atoms with E-state index in [1.807, 2.05) is 35.2 Å². The molecule has 4 saturated heterocycles. The third-order valence-electron chi connectivity index (χ3n) is 13.4. The molecule has 0 saturated carbocycles. The molecule has 0 radical (unpaired) electrons. The van der Waals surface area contributed by atoms with Crippen LogP contribution in [-0.4, -0.2) is 125 Å². The number of amides is 4. The number of likely N-dealkylation sites (tertiary alicyclic amines) is 2. The van der Waals surface area contributed by atoms with Crippen molar-refractivity contribution in [2.75, 3.05) is 53.7 Å². The van der Waals surface area contributed by atoms with Crippen LogP contribution in [0, 0.1) is 17.7 Å². The molecule has 65 heavy (non-hydrogen) atoms. The lowest BCUT2D eigenvalue weighted by Crippen LogP contribution is -2.53. The number of carbonyl (C=O) groups excluding carboxylic acids is 4. The monoisotopic (exact) mass is 891 g/mol. The van der Waals surface area contributed by atoms with Gasteiger partial charge in [-0.1, -0.05) is 18.2 Å². The zero-order valence-corrected chi connectivity index (χ0v) is 36.5. The zero-order valence-electron chi connectivity index (χ0n) is 36.5. The van der Waals surface area contributed by atoms with E-state index in [2.05, 4.69) is 25.6 Å². The predicted octanol–water partition coefficient (Wildman–Crippen LogP) is 6.45. The minimum absolute atomic E-state index is 0.0568. The topological polar surface area (TPSA) is 206 Å². The third-order valence-corrected chi connectivity index (χ3v) is 13.4. The number of halogens is 1. The largest absolute Gasteiger partial charge is 0.453 e. The number of ether oxygens (including phenoxy) is 4. The van der Waals surface area contributed by atoms with Gasteiger partial charge in [0.05, 0.1) is 61.3 Å². The molecule has 7 heterocycles. The lowest BCUT2D eigenvalue weighted by molar-refractivity contribution is -0.137. The molecule has 17 nitrogen and oxygen atoms in total. The van der Waals surface area contributed by atoms with Crippen LogP contribution in [0.5, 0.6) is 0 Å². The molecule has 5 aromatic rings. The van der Waals surface area contributed by atoms with E-state index in [0.717, 1.165) is 35.9 Å². The van der Waals surface area contributed by atoms with Crippen LogP contribution in [0.3, 0.4) is 0 Å². The number of aromatic amines is 2. The van der Waals surface area contributed by atoms with Gasteiger partial charge in [0.2, 0.25) is 11.8 Å². The van der Waals surface area contributed by atoms with Gasteiger partial charge in [0.1, 0.15) is 29.5 Å². The number of alkyl carbamates (subject to hydrolysis) is 2. The minimum Gasteiger partial charge on any atom is -0.453 e. The molecule has 2 aromatic carbocycles. The van der Waals surface area contributed by atoms with Crippen LogP contribution in [-0.2, 0) is 28.5 Å². The van der Waals surface area contributed by atoms with Crippen molar-refractivity contribution in [3.8, 4) is 33.8 Å². The van der Waals surface area contributed by atoms with Crippen LogP contribution >= 0.6 is 0 Å². The van der Waals surface area contributed by atoms with Crippen LogP contribution in [0.25, 0.3) is 44.7 Å². The van der Waals surface area contributed by atoms with Crippen molar-refractivity contribution in [2.45, 2.75) is 75.5 Å². The van der Waals surface area contributed by atoms with Crippen LogP contribution in [0.4, 0.5) is 14.0 Å². The van der Waals surface area contributed by atoms with E-state index in [9.17, 15) is 19.2 Å². The number of hydrogen-bond acceptors (Lipinski definition) is 11. The predicted molar refractivity (Wildman–Crippen MR) is 235 cm³/mol. The van der Waals surface area contributed by atoms with Gasteiger partial charge in [0, 0.05) is 61.6 Å². The van der Waals surface area contributed by atoms with Crippen molar-refractivity contribution in [3.05, 3.63) is 78.4 Å². The van der Waals surface area contributed by atoms with Gasteiger partial charge in [-0.05, 0) is 93.5 Å². The number of H-pyrrole nitrogens is 2. The first-order chi connectivity index (χ1) is 31.7. The molecule has 0 aliphatic carbocycles. The van der Waals surface area contributed by atoms with Gasteiger partial charge in [-0.2, -0.15) is 0 Å². The maximum atomic E-state index is 16.0. The smallest absolute Gasteiger partial charge is 0.407 e. The summed E-state index contributed by atoms with van der Waals surface area (Å²) >= 11 is 0. The Labute approximate surface area is 375 Å². The number of carbonyl (C=O) groups is 4. The van der Waals surface area contributed by atoms with Crippen molar-refractivity contribution >= 4 is 34.9 Å². The SMILES string of the molecule is COC(=O)N[C@H](C(=O)N1CCC[C@H]1c1ncc(-c2ccc(-c3ccc4cc(-c5cnc([C@@H]6CCCN6C(=O)[C@@H](NC(=O)OC)C6CCOCC6)[nH]5)ccc4n3)c(F)c2)[nH]1)C1CCOCC1. The number of hydrogen-bond donors (Lipinski definition) is 4. The van der Waals surface area contributed by atoms with E-state index in [0.29, 0.717) is 111 Å². The van der Waals surface area contributed by atoms with Gasteiger partial charge in [-0.15, -0.1) is 0 Å². The van der Waals surface area contributed by atoms with E-state index < -0.39 is 30.1 Å². The number of pyridine rings is 1. The second-order valence-corrected chi connectivity index (χ2v) is 17.2. The molecular formula is C47H54FN9O8. The first-order valence-electron chi connectivity index (χ1n) is 22.5. The van der Waals surface area contributed by atoms with Crippen LogP contribution in [0.1, 0.15) is 75.1 Å². The van der Waals surface area contributed by atoms with Gasteiger partial charge < -0.3 is 49.3 Å². The molecule has 342 valence electrons. The second kappa shape index (κ2) is 19.4. The summed E-state index contributed by atoms with van der Waals surface area (Å²) in [5.41, 5.74) is 4.39. The highest BCUT2D eigenvalue weighted by Crippen LogP contribution is 2.37. The van der Waals surface area contributed by atoms with E-state index in [4.69, 9.17) is 28.9 Å². The quantitative estimate of drug-likeness (QED) is 0.113. The van der Waals surface area contributed by atoms with Gasteiger partial charge in [0.25, 0.3) is 0 Å². The van der Waals surface area contributed by atoms with Gasteiger partial charge in [-0.3, -0.25) is 9.59 Å². The lowest BCUT2D eigenvalue weighted by atomic mass is 9.90. The number of fused-ring (bicyclic) bond motifs is 1. The highest BCUT2D eigenvalue weighted by molar-refractivity contribution is 5.88. The fraction of sp³-hybridized carbons (Fsp3) is 0.468. The summed E-state index contributed by atoms with van der Waals surface area (Å²) in [5, 5.41) is 6.43. The molecule has 0 unspecified atom stereocenters. The number of rotatable bonds is 11. The maximum absolute atomic E-state index is 16.0. The van der Waals surface area contributed by atoms with E-state index >= 15 is 4.39 Å². The maximum Gasteiger partial charge on any atom is 0.407 e. The molecule has 18 heteroatoms. The Bertz CT molecular complexity index is 2540. The number of nitrogens with one attached hydrogen (secondary N) is 4. The molecule has 4 aliphatic heterocycles. The molecular weight excluding hydrogens is 838 g/mol. The molecule has 4 aliphatic rings. The molecule has 4 atom stereocenters. The lowest BCUT2D eigenvalue weighted by Gasteiger charge is -2.34. The molecule has 4 N–H and O–H groups in total. The Kier molecular flexibility index (Phi) is 13.1. The molecule has 0 spiro atoms. The van der Waals surface area contributed by atoms with Crippen LogP contribution < -0.4 is 10.6 Å². The average Bonchev–Trinajstić information content (AvgIpc) is 4.20. The summed E-state index contributed by atoms with van der Waals surface area (Å²) in [5.74, 6) is 0.365. The summed E-state index contributed by atoms with van der Waals surface area (Å²) in [7, 11) is 2.57. The Hall–Kier alpha value is -6.40. The van der Waals surface area contributed by atoms with Crippen molar-refractivity contribution in [1.82, 2.24) is 45.4 Å². The summed E-state index contributed by atoms with van der Waals surface area (Å²) in [4.78, 5) is 77.1. The summed E-state index contributed by atoms with van der Waals surface area (Å²) < 4.78 is 36.7. The van der Waals surface area contributed by atoms with Crippen molar-refractivity contribution < 1.29 is 42.5 Å². The Morgan fingerprint density at radius 3 is 1.71 bits per heavy atom. The Balaban J connectivity index is 0.878. The van der Waals surface area contributed by atoms with Gasteiger partial charge in [-0.25, -0.2) is 28.9 Å². The fourth-order valence-corrected chi connectivity index (χ4v) is 9.86. The number of imidazole rings is 2. The Morgan fingerprint density at radius 1 is 0.692 bits per heavy atom. The van der Waals surface area contributed by atoms with Gasteiger partial charge in [0.15, 0.2) is 0 Å². The number of methoxy groups -OCH3 is 2. The average molecular weight is 892 g/mol. The van der Waals surface area contributed by atoms with Crippen molar-refractivity contribution in [1.29, 1.82) is 0 Å². The van der Waals surface area contributed by atoms with E-state index in [1.54, 1.807) is 29.4 Å². The summed E-state index contributed by atoms with van der Waals surface area (Å²) in [6.07, 6.45) is 7.79. The highest BCUT2D eigenvalue weighted by atomic mass is 19.1. The molecule has 4 amide bonds. The normalized spacial score (nSPS) is 20.4. The first-order valence-corrected chi connectivity index (χ1v) is 22.5. The van der Waals surface area contributed by atoms with E-state index in [1.165, 1.54) is 20.3 Å². The summed E-state index contributed by atoms with van der Waals surface area (Å²) in [6.45, 7) is 3.20. The molecule has 4 fully saturated rings. The standard InChI is InChI=1S/C47H54FN9O8/c1-62-46(60)54-40(27-13-19-64-20-14-27)44(58)56-17-3-5-38(56)42-49-25-36(52-42)30-8-11-34-29(23-30)9-12-35(51-34)32-10-7-31(24-33(32)48)37-26-50-43(53-37)39-6-4-18-57(39)45(59)41(55-47(61)63-2)28-15-21-65-22-16-28/h7-12,23-28,38-41H,3-6,13-22H2,1-2H3,(H,49,52)(H,50,53)(H,54,60)(H,55,61)/t38-,39-,40-,41-/m0/s1. The van der Waals surface area contributed by atoms with Crippen molar-refractivity contribution in [2.24, 2.45) is 11.8 Å². The van der Waals surface area contributed by atoms with E-state index in [-0.39, 0.29) is 35.7 Å². The van der Waals surface area contributed by atoms with Crippen LogP contribution in [0.15, 0.2) is 60.9 Å². The number of nitrogens with zero attached hydrogens (tertiary/aromatic N) is 5. The molecule has 0 bridgehead atoms.